The molecule has 0 heterocycles. The van der Waals surface area contributed by atoms with Crippen molar-refractivity contribution in [3.05, 3.63) is 65.2 Å². The van der Waals surface area contributed by atoms with Crippen LogP contribution in [0.2, 0.25) is 0 Å². The minimum absolute atomic E-state index is 0.586. The lowest BCUT2D eigenvalue weighted by Crippen LogP contribution is -2.23. The van der Waals surface area contributed by atoms with Gasteiger partial charge < -0.3 is 10.6 Å². The number of nitrogens with zero attached hydrogens (tertiary/aromatic N) is 1. The molecule has 0 aliphatic carbocycles. The van der Waals surface area contributed by atoms with Crippen LogP contribution in [-0.2, 0) is 13.1 Å². The summed E-state index contributed by atoms with van der Waals surface area (Å²) in [5.74, 6) is 0. The van der Waals surface area contributed by atoms with E-state index in [1.54, 1.807) is 0 Å². The van der Waals surface area contributed by atoms with Gasteiger partial charge >= 0.3 is 0 Å². The normalized spacial score (nSPS) is 10.5. The predicted molar refractivity (Wildman–Crippen MR) is 82.2 cm³/mol. The van der Waals surface area contributed by atoms with Crippen molar-refractivity contribution in [1.29, 1.82) is 0 Å². The Kier molecular flexibility index (Phi) is 4.58. The van der Waals surface area contributed by atoms with Crippen molar-refractivity contribution in [3.8, 4) is 0 Å². The first-order chi connectivity index (χ1) is 9.24. The van der Waals surface area contributed by atoms with Gasteiger partial charge in [-0.25, -0.2) is 0 Å². The average Bonchev–Trinajstić information content (AvgIpc) is 2.46. The molecule has 2 nitrogen and oxygen atoms in total. The Hall–Kier alpha value is -1.80. The van der Waals surface area contributed by atoms with Gasteiger partial charge in [-0.2, -0.15) is 0 Å². The maximum absolute atomic E-state index is 5.88. The fraction of sp³-hybridized carbons (Fsp3) is 0.294. The van der Waals surface area contributed by atoms with E-state index in [-0.39, 0.29) is 0 Å². The highest BCUT2D eigenvalue weighted by molar-refractivity contribution is 5.55. The monoisotopic (exact) mass is 254 g/mol. The molecular formula is C17H22N2. The Labute approximate surface area is 115 Å². The highest BCUT2D eigenvalue weighted by Gasteiger charge is 2.09. The summed E-state index contributed by atoms with van der Waals surface area (Å²) in [5, 5.41) is 0. The third-order valence-electron chi connectivity index (χ3n) is 3.39. The Morgan fingerprint density at radius 3 is 2.42 bits per heavy atom. The first-order valence-corrected chi connectivity index (χ1v) is 6.83. The van der Waals surface area contributed by atoms with Crippen LogP contribution in [0.4, 0.5) is 5.69 Å². The molecule has 2 N–H and O–H groups in total. The van der Waals surface area contributed by atoms with Gasteiger partial charge in [-0.3, -0.25) is 0 Å². The van der Waals surface area contributed by atoms with Crippen LogP contribution in [0.5, 0.6) is 0 Å². The second kappa shape index (κ2) is 6.39. The summed E-state index contributed by atoms with van der Waals surface area (Å²) in [6.07, 6.45) is 0. The summed E-state index contributed by atoms with van der Waals surface area (Å²) in [6, 6.07) is 17.1. The lowest BCUT2D eigenvalue weighted by molar-refractivity contribution is 0.821. The van der Waals surface area contributed by atoms with Crippen LogP contribution in [0.3, 0.4) is 0 Å². The molecule has 0 bridgehead atoms. The van der Waals surface area contributed by atoms with Crippen LogP contribution in [0, 0.1) is 6.92 Å². The van der Waals surface area contributed by atoms with Crippen molar-refractivity contribution in [1.82, 2.24) is 0 Å². The lowest BCUT2D eigenvalue weighted by atomic mass is 10.1. The molecule has 19 heavy (non-hydrogen) atoms. The number of aryl methyl sites for hydroxylation is 1. The van der Waals surface area contributed by atoms with Crippen LogP contribution in [-0.4, -0.2) is 6.54 Å². The fourth-order valence-corrected chi connectivity index (χ4v) is 2.36. The summed E-state index contributed by atoms with van der Waals surface area (Å²) < 4.78 is 0. The van der Waals surface area contributed by atoms with Crippen molar-refractivity contribution < 1.29 is 0 Å². The molecule has 0 spiro atoms. The summed E-state index contributed by atoms with van der Waals surface area (Å²) in [4.78, 5) is 2.37. The van der Waals surface area contributed by atoms with Crippen LogP contribution < -0.4 is 10.6 Å². The van der Waals surface area contributed by atoms with E-state index < -0.39 is 0 Å². The molecule has 0 aliphatic heterocycles. The van der Waals surface area contributed by atoms with Crippen LogP contribution in [0.15, 0.2) is 48.5 Å². The van der Waals surface area contributed by atoms with E-state index in [4.69, 9.17) is 5.73 Å². The Morgan fingerprint density at radius 2 is 1.79 bits per heavy atom. The second-order valence-electron chi connectivity index (χ2n) is 4.84. The Bertz CT molecular complexity index is 520. The molecule has 2 heteroatoms. The summed E-state index contributed by atoms with van der Waals surface area (Å²) in [7, 11) is 0. The highest BCUT2D eigenvalue weighted by Crippen LogP contribution is 2.23. The summed E-state index contributed by atoms with van der Waals surface area (Å²) in [6.45, 7) is 6.78. The topological polar surface area (TPSA) is 29.3 Å². The van der Waals surface area contributed by atoms with Gasteiger partial charge in [0.05, 0.1) is 0 Å². The second-order valence-corrected chi connectivity index (χ2v) is 4.84. The molecular weight excluding hydrogens is 232 g/mol. The van der Waals surface area contributed by atoms with Crippen molar-refractivity contribution in [3.63, 3.8) is 0 Å². The van der Waals surface area contributed by atoms with E-state index in [9.17, 15) is 0 Å². The van der Waals surface area contributed by atoms with E-state index in [1.807, 2.05) is 0 Å². The SMILES string of the molecule is CCN(Cc1ccccc1)c1ccc(C)cc1CN. The molecule has 0 unspecified atom stereocenters. The third kappa shape index (κ3) is 3.36. The first-order valence-electron chi connectivity index (χ1n) is 6.83. The smallest absolute Gasteiger partial charge is 0.0429 e. The third-order valence-corrected chi connectivity index (χ3v) is 3.39. The van der Waals surface area contributed by atoms with Gasteiger partial charge in [-0.05, 0) is 31.0 Å². The predicted octanol–water partition coefficient (Wildman–Crippen LogP) is 3.48. The number of anilines is 1. The van der Waals surface area contributed by atoms with Crippen molar-refractivity contribution in [2.24, 2.45) is 5.73 Å². The molecule has 0 amide bonds. The van der Waals surface area contributed by atoms with E-state index in [0.717, 1.165) is 13.1 Å². The van der Waals surface area contributed by atoms with E-state index in [0.29, 0.717) is 6.54 Å². The van der Waals surface area contributed by atoms with Gasteiger partial charge in [0, 0.05) is 25.3 Å². The van der Waals surface area contributed by atoms with Gasteiger partial charge in [-0.1, -0.05) is 48.0 Å². The van der Waals surface area contributed by atoms with Gasteiger partial charge in [-0.15, -0.1) is 0 Å². The molecule has 100 valence electrons. The summed E-state index contributed by atoms with van der Waals surface area (Å²) >= 11 is 0. The standard InChI is InChI=1S/C17H22N2/c1-3-19(13-15-7-5-4-6-8-15)17-10-9-14(2)11-16(17)12-18/h4-11H,3,12-13,18H2,1-2H3. The maximum atomic E-state index is 5.88. The van der Waals surface area contributed by atoms with E-state index >= 15 is 0 Å². The van der Waals surface area contributed by atoms with E-state index in [2.05, 4.69) is 67.3 Å². The molecule has 0 radical (unpaired) electrons. The zero-order chi connectivity index (χ0) is 13.7. The molecule has 0 atom stereocenters. The van der Waals surface area contributed by atoms with E-state index in [1.165, 1.54) is 22.4 Å². The molecule has 0 fully saturated rings. The van der Waals surface area contributed by atoms with Crippen LogP contribution in [0.25, 0.3) is 0 Å². The average molecular weight is 254 g/mol. The van der Waals surface area contributed by atoms with Gasteiger partial charge in [0.1, 0.15) is 0 Å². The largest absolute Gasteiger partial charge is 0.367 e. The fourth-order valence-electron chi connectivity index (χ4n) is 2.36. The number of hydrogen-bond acceptors (Lipinski definition) is 2. The highest BCUT2D eigenvalue weighted by atomic mass is 15.1. The van der Waals surface area contributed by atoms with Crippen molar-refractivity contribution in [2.75, 3.05) is 11.4 Å². The minimum atomic E-state index is 0.586. The molecule has 2 aromatic carbocycles. The van der Waals surface area contributed by atoms with Gasteiger partial charge in [0.2, 0.25) is 0 Å². The first kappa shape index (κ1) is 13.6. The Morgan fingerprint density at radius 1 is 1.05 bits per heavy atom. The zero-order valence-electron chi connectivity index (χ0n) is 11.8. The minimum Gasteiger partial charge on any atom is -0.367 e. The molecule has 0 aliphatic rings. The number of nitrogens with two attached hydrogens (primary N) is 1. The lowest BCUT2D eigenvalue weighted by Gasteiger charge is -2.26. The number of rotatable bonds is 5. The quantitative estimate of drug-likeness (QED) is 0.885. The van der Waals surface area contributed by atoms with Crippen molar-refractivity contribution >= 4 is 5.69 Å². The summed E-state index contributed by atoms with van der Waals surface area (Å²) in [5.41, 5.74) is 10.9. The number of hydrogen-bond donors (Lipinski definition) is 1. The van der Waals surface area contributed by atoms with Gasteiger partial charge in [0.25, 0.3) is 0 Å². The van der Waals surface area contributed by atoms with Crippen LogP contribution in [0.1, 0.15) is 23.6 Å². The molecule has 0 saturated carbocycles. The van der Waals surface area contributed by atoms with Gasteiger partial charge in [0.15, 0.2) is 0 Å². The molecule has 0 saturated heterocycles. The van der Waals surface area contributed by atoms with Crippen LogP contribution >= 0.6 is 0 Å². The molecule has 2 rings (SSSR count). The Balaban J connectivity index is 2.27. The van der Waals surface area contributed by atoms with Crippen molar-refractivity contribution in [2.45, 2.75) is 26.9 Å². The number of benzene rings is 2. The molecule has 0 aromatic heterocycles. The maximum Gasteiger partial charge on any atom is 0.0429 e. The molecule has 2 aromatic rings. The zero-order valence-corrected chi connectivity index (χ0v) is 11.8.